The van der Waals surface area contributed by atoms with Gasteiger partial charge >= 0.3 is 0 Å². The van der Waals surface area contributed by atoms with Crippen molar-refractivity contribution in [3.05, 3.63) is 0 Å². The fourth-order valence-corrected chi connectivity index (χ4v) is 1.36. The SMILES string of the molecule is C/N=N/C1CCCCC1. The molecule has 9 heavy (non-hydrogen) atoms. The van der Waals surface area contributed by atoms with Crippen LogP contribution in [0.1, 0.15) is 32.1 Å². The van der Waals surface area contributed by atoms with Crippen molar-refractivity contribution < 1.29 is 0 Å². The zero-order valence-corrected chi connectivity index (χ0v) is 6.01. The smallest absolute Gasteiger partial charge is 0.0708 e. The first-order valence-electron chi connectivity index (χ1n) is 3.72. The molecule has 0 N–H and O–H groups in total. The lowest BCUT2D eigenvalue weighted by Crippen LogP contribution is -2.08. The van der Waals surface area contributed by atoms with Crippen LogP contribution in [-0.2, 0) is 0 Å². The van der Waals surface area contributed by atoms with E-state index in [4.69, 9.17) is 0 Å². The quantitative estimate of drug-likeness (QED) is 0.482. The standard InChI is InChI=1S/C7H14N2/c1-8-9-7-5-3-2-4-6-7/h7H,2-6H2,1H3/b9-8+. The monoisotopic (exact) mass is 126 g/mol. The van der Waals surface area contributed by atoms with Crippen molar-refractivity contribution in [1.29, 1.82) is 0 Å². The van der Waals surface area contributed by atoms with Crippen molar-refractivity contribution in [1.82, 2.24) is 0 Å². The maximum Gasteiger partial charge on any atom is 0.0708 e. The van der Waals surface area contributed by atoms with Gasteiger partial charge in [-0.15, -0.1) is 0 Å². The van der Waals surface area contributed by atoms with Gasteiger partial charge < -0.3 is 0 Å². The highest BCUT2D eigenvalue weighted by atomic mass is 15.1. The molecule has 0 atom stereocenters. The van der Waals surface area contributed by atoms with Crippen molar-refractivity contribution in [3.63, 3.8) is 0 Å². The molecule has 1 rings (SSSR count). The van der Waals surface area contributed by atoms with E-state index in [1.807, 2.05) is 0 Å². The first-order valence-corrected chi connectivity index (χ1v) is 3.72. The van der Waals surface area contributed by atoms with Crippen molar-refractivity contribution in [2.75, 3.05) is 7.05 Å². The zero-order valence-electron chi connectivity index (χ0n) is 6.01. The van der Waals surface area contributed by atoms with Gasteiger partial charge in [0.05, 0.1) is 6.04 Å². The topological polar surface area (TPSA) is 24.7 Å². The van der Waals surface area contributed by atoms with Crippen molar-refractivity contribution in [3.8, 4) is 0 Å². The van der Waals surface area contributed by atoms with Crippen LogP contribution >= 0.6 is 0 Å². The van der Waals surface area contributed by atoms with E-state index in [0.29, 0.717) is 6.04 Å². The molecule has 1 fully saturated rings. The third-order valence-electron chi connectivity index (χ3n) is 1.85. The Balaban J connectivity index is 2.23. The Kier molecular flexibility index (Phi) is 2.68. The third-order valence-corrected chi connectivity index (χ3v) is 1.85. The van der Waals surface area contributed by atoms with Crippen LogP contribution in [0.5, 0.6) is 0 Å². The van der Waals surface area contributed by atoms with Crippen LogP contribution < -0.4 is 0 Å². The first-order chi connectivity index (χ1) is 4.43. The van der Waals surface area contributed by atoms with E-state index in [1.54, 1.807) is 7.05 Å². The Bertz CT molecular complexity index is 93.1. The normalized spacial score (nSPS) is 23.2. The molecule has 0 heterocycles. The average Bonchev–Trinajstić information content (AvgIpc) is 1.91. The lowest BCUT2D eigenvalue weighted by atomic mass is 9.96. The van der Waals surface area contributed by atoms with Crippen LogP contribution in [0.3, 0.4) is 0 Å². The second-order valence-electron chi connectivity index (χ2n) is 2.61. The highest BCUT2D eigenvalue weighted by molar-refractivity contribution is 4.69. The fourth-order valence-electron chi connectivity index (χ4n) is 1.36. The van der Waals surface area contributed by atoms with Gasteiger partial charge in [0.15, 0.2) is 0 Å². The minimum absolute atomic E-state index is 0.559. The van der Waals surface area contributed by atoms with Gasteiger partial charge in [-0.05, 0) is 12.8 Å². The van der Waals surface area contributed by atoms with E-state index in [0.717, 1.165) is 0 Å². The number of rotatable bonds is 1. The molecule has 0 radical (unpaired) electrons. The lowest BCUT2D eigenvalue weighted by molar-refractivity contribution is 0.431. The van der Waals surface area contributed by atoms with Crippen LogP contribution in [0.2, 0.25) is 0 Å². The maximum absolute atomic E-state index is 4.11. The highest BCUT2D eigenvalue weighted by Gasteiger charge is 2.10. The average molecular weight is 126 g/mol. The van der Waals surface area contributed by atoms with Gasteiger partial charge in [-0.2, -0.15) is 10.2 Å². The minimum atomic E-state index is 0.559. The predicted molar refractivity (Wildman–Crippen MR) is 37.7 cm³/mol. The largest absolute Gasteiger partial charge is 0.197 e. The summed E-state index contributed by atoms with van der Waals surface area (Å²) in [4.78, 5) is 0. The molecule has 0 amide bonds. The Morgan fingerprint density at radius 2 is 1.78 bits per heavy atom. The second-order valence-corrected chi connectivity index (χ2v) is 2.61. The number of azo groups is 1. The maximum atomic E-state index is 4.11. The molecular formula is C7H14N2. The van der Waals surface area contributed by atoms with E-state index in [2.05, 4.69) is 10.2 Å². The lowest BCUT2D eigenvalue weighted by Gasteiger charge is -2.15. The molecule has 0 spiro atoms. The summed E-state index contributed by atoms with van der Waals surface area (Å²) in [7, 11) is 1.76. The molecule has 2 nitrogen and oxygen atoms in total. The van der Waals surface area contributed by atoms with Crippen LogP contribution in [0.4, 0.5) is 0 Å². The Morgan fingerprint density at radius 1 is 1.11 bits per heavy atom. The molecule has 0 unspecified atom stereocenters. The summed E-state index contributed by atoms with van der Waals surface area (Å²) < 4.78 is 0. The molecule has 1 aliphatic rings. The Labute approximate surface area is 56.4 Å². The Morgan fingerprint density at radius 3 is 2.33 bits per heavy atom. The summed E-state index contributed by atoms with van der Waals surface area (Å²) in [6.07, 6.45) is 6.62. The number of hydrogen-bond acceptors (Lipinski definition) is 2. The molecule has 0 aromatic rings. The van der Waals surface area contributed by atoms with Gasteiger partial charge in [0.25, 0.3) is 0 Å². The molecule has 52 valence electrons. The summed E-state index contributed by atoms with van der Waals surface area (Å²) in [6.45, 7) is 0. The van der Waals surface area contributed by atoms with E-state index in [1.165, 1.54) is 32.1 Å². The van der Waals surface area contributed by atoms with Gasteiger partial charge in [-0.1, -0.05) is 19.3 Å². The summed E-state index contributed by atoms with van der Waals surface area (Å²) in [5.41, 5.74) is 0. The second kappa shape index (κ2) is 3.59. The van der Waals surface area contributed by atoms with Crippen molar-refractivity contribution in [2.45, 2.75) is 38.1 Å². The predicted octanol–water partition coefficient (Wildman–Crippen LogP) is 2.40. The molecule has 1 saturated carbocycles. The van der Waals surface area contributed by atoms with Crippen molar-refractivity contribution >= 4 is 0 Å². The van der Waals surface area contributed by atoms with Crippen LogP contribution in [0.25, 0.3) is 0 Å². The van der Waals surface area contributed by atoms with Gasteiger partial charge in [0.1, 0.15) is 0 Å². The van der Waals surface area contributed by atoms with E-state index < -0.39 is 0 Å². The van der Waals surface area contributed by atoms with Crippen LogP contribution in [-0.4, -0.2) is 13.1 Å². The summed E-state index contributed by atoms with van der Waals surface area (Å²) in [5, 5.41) is 7.89. The third kappa shape index (κ3) is 2.12. The minimum Gasteiger partial charge on any atom is -0.197 e. The Hall–Kier alpha value is -0.400. The first kappa shape index (κ1) is 6.72. The molecular weight excluding hydrogens is 112 g/mol. The van der Waals surface area contributed by atoms with E-state index >= 15 is 0 Å². The summed E-state index contributed by atoms with van der Waals surface area (Å²) >= 11 is 0. The zero-order chi connectivity index (χ0) is 6.53. The van der Waals surface area contributed by atoms with Gasteiger partial charge in [-0.25, -0.2) is 0 Å². The molecule has 2 heteroatoms. The number of nitrogens with zero attached hydrogens (tertiary/aromatic N) is 2. The van der Waals surface area contributed by atoms with Crippen molar-refractivity contribution in [2.24, 2.45) is 10.2 Å². The van der Waals surface area contributed by atoms with E-state index in [-0.39, 0.29) is 0 Å². The summed E-state index contributed by atoms with van der Waals surface area (Å²) in [6, 6.07) is 0.559. The molecule has 0 saturated heterocycles. The highest BCUT2D eigenvalue weighted by Crippen LogP contribution is 2.19. The van der Waals surface area contributed by atoms with Crippen LogP contribution in [0, 0.1) is 0 Å². The molecule has 0 aromatic carbocycles. The molecule has 1 aliphatic carbocycles. The van der Waals surface area contributed by atoms with Crippen LogP contribution in [0.15, 0.2) is 10.2 Å². The van der Waals surface area contributed by atoms with Gasteiger partial charge in [-0.3, -0.25) is 0 Å². The summed E-state index contributed by atoms with van der Waals surface area (Å²) in [5.74, 6) is 0. The molecule has 0 bridgehead atoms. The fraction of sp³-hybridized carbons (Fsp3) is 1.00. The molecule has 0 aliphatic heterocycles. The molecule has 0 aromatic heterocycles. The van der Waals surface area contributed by atoms with Gasteiger partial charge in [0, 0.05) is 7.05 Å². The van der Waals surface area contributed by atoms with E-state index in [9.17, 15) is 0 Å². The number of hydrogen-bond donors (Lipinski definition) is 0. The van der Waals surface area contributed by atoms with Gasteiger partial charge in [0.2, 0.25) is 0 Å².